The van der Waals surface area contributed by atoms with Gasteiger partial charge in [0.05, 0.1) is 25.8 Å². The molecule has 0 unspecified atom stereocenters. The predicted octanol–water partition coefficient (Wildman–Crippen LogP) is 1.34. The third-order valence-electron chi connectivity index (χ3n) is 2.27. The number of methoxy groups -OCH3 is 1. The lowest BCUT2D eigenvalue weighted by atomic mass is 10.2. The van der Waals surface area contributed by atoms with Crippen molar-refractivity contribution < 1.29 is 14.8 Å². The fraction of sp³-hybridized carbons (Fsp3) is 0.385. The van der Waals surface area contributed by atoms with E-state index in [1.165, 1.54) is 0 Å². The number of ether oxygens (including phenoxy) is 2. The summed E-state index contributed by atoms with van der Waals surface area (Å²) < 4.78 is 10.9. The first-order valence-corrected chi connectivity index (χ1v) is 5.54. The van der Waals surface area contributed by atoms with E-state index in [-0.39, 0.29) is 0 Å². The predicted molar refractivity (Wildman–Crippen MR) is 64.9 cm³/mol. The summed E-state index contributed by atoms with van der Waals surface area (Å²) in [5.74, 6) is 1.65. The summed E-state index contributed by atoms with van der Waals surface area (Å²) in [5.41, 5.74) is 1.16. The summed E-state index contributed by atoms with van der Waals surface area (Å²) in [4.78, 5) is 0. The minimum absolute atomic E-state index is 0.648. The van der Waals surface area contributed by atoms with Crippen LogP contribution in [0.4, 0.5) is 0 Å². The van der Waals surface area contributed by atoms with Crippen LogP contribution < -0.4 is 14.8 Å². The fourth-order valence-electron chi connectivity index (χ4n) is 1.55. The van der Waals surface area contributed by atoms with E-state index >= 15 is 0 Å². The molecule has 88 valence electrons. The van der Waals surface area contributed by atoms with Crippen LogP contribution in [0, 0.1) is 0 Å². The molecule has 0 radical (unpaired) electrons. The van der Waals surface area contributed by atoms with E-state index in [0.717, 1.165) is 30.2 Å². The van der Waals surface area contributed by atoms with Crippen molar-refractivity contribution in [3.63, 3.8) is 0 Å². The number of rotatable bonds is 7. The van der Waals surface area contributed by atoms with Crippen molar-refractivity contribution in [2.24, 2.45) is 0 Å². The highest BCUT2D eigenvalue weighted by Gasteiger charge is 2.10. The van der Waals surface area contributed by atoms with Gasteiger partial charge >= 0.3 is 0 Å². The molecule has 0 fully saturated rings. The van der Waals surface area contributed by atoms with Crippen LogP contribution >= 0.6 is 0 Å². The normalized spacial score (nSPS) is 9.88. The molecular formula is C13H20NO2+. The molecule has 1 rings (SSSR count). The Labute approximate surface area is 97.1 Å². The number of hydrogen-bond donors (Lipinski definition) is 1. The SMILES string of the molecule is C=CC[NH2+]Cc1cccc(OC)c1OCC. The molecule has 0 atom stereocenters. The Bertz CT molecular complexity index is 337. The van der Waals surface area contributed by atoms with Gasteiger partial charge in [0.25, 0.3) is 0 Å². The number of quaternary nitrogens is 1. The monoisotopic (exact) mass is 222 g/mol. The van der Waals surface area contributed by atoms with Gasteiger partial charge in [0.1, 0.15) is 6.54 Å². The number of benzene rings is 1. The molecule has 3 heteroatoms. The van der Waals surface area contributed by atoms with Crippen molar-refractivity contribution in [3.05, 3.63) is 36.4 Å². The molecule has 2 N–H and O–H groups in total. The number of hydrogen-bond acceptors (Lipinski definition) is 2. The van der Waals surface area contributed by atoms with Crippen molar-refractivity contribution in [1.82, 2.24) is 0 Å². The highest BCUT2D eigenvalue weighted by Crippen LogP contribution is 2.30. The molecule has 0 amide bonds. The molecule has 1 aromatic rings. The van der Waals surface area contributed by atoms with Crippen molar-refractivity contribution in [3.8, 4) is 11.5 Å². The molecule has 0 aliphatic heterocycles. The minimum Gasteiger partial charge on any atom is -0.493 e. The lowest BCUT2D eigenvalue weighted by molar-refractivity contribution is -0.662. The first-order valence-electron chi connectivity index (χ1n) is 5.54. The van der Waals surface area contributed by atoms with Crippen molar-refractivity contribution in [2.45, 2.75) is 13.5 Å². The highest BCUT2D eigenvalue weighted by atomic mass is 16.5. The van der Waals surface area contributed by atoms with Gasteiger partial charge in [-0.2, -0.15) is 0 Å². The van der Waals surface area contributed by atoms with Gasteiger partial charge in [-0.1, -0.05) is 12.6 Å². The van der Waals surface area contributed by atoms with Crippen LogP contribution in [-0.2, 0) is 6.54 Å². The van der Waals surface area contributed by atoms with Crippen LogP contribution in [0.5, 0.6) is 11.5 Å². The topological polar surface area (TPSA) is 35.1 Å². The summed E-state index contributed by atoms with van der Waals surface area (Å²) in [6.07, 6.45) is 1.89. The Balaban J connectivity index is 2.83. The zero-order valence-electron chi connectivity index (χ0n) is 10.0. The molecule has 0 bridgehead atoms. The summed E-state index contributed by atoms with van der Waals surface area (Å²) in [5, 5.41) is 2.17. The third kappa shape index (κ3) is 3.28. The number of para-hydroxylation sites is 1. The Kier molecular flexibility index (Phi) is 5.43. The molecule has 0 saturated heterocycles. The Morgan fingerprint density at radius 1 is 1.44 bits per heavy atom. The second-order valence-corrected chi connectivity index (χ2v) is 3.40. The van der Waals surface area contributed by atoms with E-state index in [0.29, 0.717) is 6.61 Å². The average Bonchev–Trinajstić information content (AvgIpc) is 2.31. The molecule has 0 heterocycles. The molecule has 0 aliphatic carbocycles. The Hall–Kier alpha value is -1.48. The zero-order valence-corrected chi connectivity index (χ0v) is 10.0. The Morgan fingerprint density at radius 2 is 2.25 bits per heavy atom. The largest absolute Gasteiger partial charge is 0.493 e. The molecule has 3 nitrogen and oxygen atoms in total. The van der Waals surface area contributed by atoms with Gasteiger partial charge < -0.3 is 14.8 Å². The molecule has 16 heavy (non-hydrogen) atoms. The van der Waals surface area contributed by atoms with E-state index in [1.54, 1.807) is 7.11 Å². The quantitative estimate of drug-likeness (QED) is 0.558. The van der Waals surface area contributed by atoms with Crippen LogP contribution in [0.3, 0.4) is 0 Å². The molecule has 1 aromatic carbocycles. The van der Waals surface area contributed by atoms with E-state index < -0.39 is 0 Å². The summed E-state index contributed by atoms with van der Waals surface area (Å²) in [7, 11) is 1.66. The molecule has 0 saturated carbocycles. The third-order valence-corrected chi connectivity index (χ3v) is 2.27. The zero-order chi connectivity index (χ0) is 11.8. The van der Waals surface area contributed by atoms with E-state index in [9.17, 15) is 0 Å². The molecular weight excluding hydrogens is 202 g/mol. The van der Waals surface area contributed by atoms with Crippen LogP contribution in [0.25, 0.3) is 0 Å². The van der Waals surface area contributed by atoms with Crippen LogP contribution in [0.15, 0.2) is 30.9 Å². The minimum atomic E-state index is 0.648. The van der Waals surface area contributed by atoms with Gasteiger partial charge in [0.2, 0.25) is 0 Å². The second kappa shape index (κ2) is 6.90. The van der Waals surface area contributed by atoms with Gasteiger partial charge in [-0.3, -0.25) is 0 Å². The first-order chi connectivity index (χ1) is 7.83. The maximum Gasteiger partial charge on any atom is 0.169 e. The van der Waals surface area contributed by atoms with E-state index in [4.69, 9.17) is 9.47 Å². The van der Waals surface area contributed by atoms with Crippen LogP contribution in [-0.4, -0.2) is 20.3 Å². The lowest BCUT2D eigenvalue weighted by Gasteiger charge is -2.12. The van der Waals surface area contributed by atoms with E-state index in [2.05, 4.69) is 18.0 Å². The number of nitrogens with two attached hydrogens (primary N) is 1. The first kappa shape index (κ1) is 12.6. The molecule has 0 spiro atoms. The van der Waals surface area contributed by atoms with Crippen molar-refractivity contribution in [1.29, 1.82) is 0 Å². The summed E-state index contributed by atoms with van der Waals surface area (Å²) in [6, 6.07) is 5.97. The maximum absolute atomic E-state index is 5.62. The van der Waals surface area contributed by atoms with Gasteiger partial charge in [0, 0.05) is 0 Å². The summed E-state index contributed by atoms with van der Waals surface area (Å²) >= 11 is 0. The van der Waals surface area contributed by atoms with Gasteiger partial charge in [0.15, 0.2) is 11.5 Å². The molecule has 0 aliphatic rings. The maximum atomic E-state index is 5.62. The Morgan fingerprint density at radius 3 is 2.88 bits per heavy atom. The fourth-order valence-corrected chi connectivity index (χ4v) is 1.55. The summed E-state index contributed by atoms with van der Waals surface area (Å²) in [6.45, 7) is 8.10. The van der Waals surface area contributed by atoms with Crippen molar-refractivity contribution in [2.75, 3.05) is 20.3 Å². The highest BCUT2D eigenvalue weighted by molar-refractivity contribution is 5.46. The second-order valence-electron chi connectivity index (χ2n) is 3.40. The van der Waals surface area contributed by atoms with Crippen LogP contribution in [0.1, 0.15) is 12.5 Å². The lowest BCUT2D eigenvalue weighted by Crippen LogP contribution is -2.82. The van der Waals surface area contributed by atoms with Gasteiger partial charge in [-0.15, -0.1) is 0 Å². The average molecular weight is 222 g/mol. The van der Waals surface area contributed by atoms with Crippen molar-refractivity contribution >= 4 is 0 Å². The van der Waals surface area contributed by atoms with E-state index in [1.807, 2.05) is 25.1 Å². The smallest absolute Gasteiger partial charge is 0.169 e. The van der Waals surface area contributed by atoms with Crippen LogP contribution in [0.2, 0.25) is 0 Å². The molecule has 0 aromatic heterocycles. The standard InChI is InChI=1S/C13H19NO2/c1-4-9-14-10-11-7-6-8-12(15-3)13(11)16-5-2/h4,6-8,14H,1,5,9-10H2,2-3H3/p+1. The van der Waals surface area contributed by atoms with Gasteiger partial charge in [-0.25, -0.2) is 0 Å². The van der Waals surface area contributed by atoms with Gasteiger partial charge in [-0.05, 0) is 25.1 Å².